The van der Waals surface area contributed by atoms with E-state index in [1.807, 2.05) is 29.2 Å². The van der Waals surface area contributed by atoms with Crippen LogP contribution in [-0.4, -0.2) is 60.3 Å². The number of hydrazone groups is 1. The monoisotopic (exact) mass is 467 g/mol. The number of halogens is 1. The zero-order chi connectivity index (χ0) is 24.1. The lowest BCUT2D eigenvalue weighted by Gasteiger charge is -2.34. The number of carbonyl (C=O) groups is 2. The van der Waals surface area contributed by atoms with Crippen LogP contribution in [0.4, 0.5) is 4.39 Å². The molecule has 2 aliphatic rings. The van der Waals surface area contributed by atoms with Gasteiger partial charge < -0.3 is 9.47 Å². The standard InChI is InChI=1S/C26H30FN3O4/c1-3-34-26(32)23-6-4-5-15-29(23)17-25(31)30-24(19-7-11-20(27)12-8-19)16-22(28-30)18-9-13-21(33-2)14-10-18/h7-14,23-24H,3-6,15-17H2,1-2H3/t23-,24+/m0/s1. The third kappa shape index (κ3) is 5.28. The van der Waals surface area contributed by atoms with E-state index in [-0.39, 0.29) is 30.3 Å². The summed E-state index contributed by atoms with van der Waals surface area (Å²) in [6, 6.07) is 12.9. The van der Waals surface area contributed by atoms with Crippen molar-refractivity contribution in [2.45, 2.75) is 44.7 Å². The van der Waals surface area contributed by atoms with Crippen molar-refractivity contribution in [2.24, 2.45) is 5.10 Å². The maximum atomic E-state index is 13.6. The summed E-state index contributed by atoms with van der Waals surface area (Å²) in [6.07, 6.45) is 3.03. The minimum Gasteiger partial charge on any atom is -0.497 e. The van der Waals surface area contributed by atoms with Crippen LogP contribution < -0.4 is 4.74 Å². The molecular formula is C26H30FN3O4. The quantitative estimate of drug-likeness (QED) is 0.577. The smallest absolute Gasteiger partial charge is 0.323 e. The highest BCUT2D eigenvalue weighted by atomic mass is 19.1. The number of nitrogens with zero attached hydrogens (tertiary/aromatic N) is 3. The first-order valence-corrected chi connectivity index (χ1v) is 11.7. The van der Waals surface area contributed by atoms with E-state index in [0.717, 1.165) is 35.4 Å². The SMILES string of the molecule is CCOC(=O)[C@@H]1CCCCN1CC(=O)N1N=C(c2ccc(OC)cc2)C[C@@H]1c1ccc(F)cc1. The van der Waals surface area contributed by atoms with Gasteiger partial charge in [-0.1, -0.05) is 18.6 Å². The summed E-state index contributed by atoms with van der Waals surface area (Å²) in [7, 11) is 1.61. The average molecular weight is 468 g/mol. The summed E-state index contributed by atoms with van der Waals surface area (Å²) in [5, 5.41) is 6.18. The van der Waals surface area contributed by atoms with Crippen LogP contribution >= 0.6 is 0 Å². The largest absolute Gasteiger partial charge is 0.497 e. The van der Waals surface area contributed by atoms with Crippen LogP contribution in [0.25, 0.3) is 0 Å². The molecule has 4 rings (SSSR count). The molecule has 180 valence electrons. The number of carbonyl (C=O) groups excluding carboxylic acids is 2. The Hall–Kier alpha value is -3.26. The Morgan fingerprint density at radius 1 is 1.09 bits per heavy atom. The molecule has 2 heterocycles. The fraction of sp³-hybridized carbons (Fsp3) is 0.423. The minimum atomic E-state index is -0.422. The topological polar surface area (TPSA) is 71.4 Å². The number of rotatable bonds is 7. The second-order valence-corrected chi connectivity index (χ2v) is 8.52. The molecule has 1 amide bonds. The highest BCUT2D eigenvalue weighted by molar-refractivity contribution is 6.03. The van der Waals surface area contributed by atoms with Crippen molar-refractivity contribution in [3.05, 3.63) is 65.5 Å². The van der Waals surface area contributed by atoms with E-state index in [9.17, 15) is 14.0 Å². The third-order valence-corrected chi connectivity index (χ3v) is 6.35. The van der Waals surface area contributed by atoms with Crippen molar-refractivity contribution in [3.8, 4) is 5.75 Å². The molecule has 0 N–H and O–H groups in total. The molecule has 1 fully saturated rings. The van der Waals surface area contributed by atoms with Gasteiger partial charge in [0.1, 0.15) is 17.6 Å². The zero-order valence-electron chi connectivity index (χ0n) is 19.6. The average Bonchev–Trinajstić information content (AvgIpc) is 3.31. The van der Waals surface area contributed by atoms with Crippen LogP contribution in [0.15, 0.2) is 53.6 Å². The molecule has 2 atom stereocenters. The number of esters is 1. The van der Waals surface area contributed by atoms with Gasteiger partial charge in [0.15, 0.2) is 0 Å². The fourth-order valence-corrected chi connectivity index (χ4v) is 4.57. The summed E-state index contributed by atoms with van der Waals surface area (Å²) in [6.45, 7) is 2.81. The Labute approximate surface area is 199 Å². The van der Waals surface area contributed by atoms with Crippen LogP contribution in [0.5, 0.6) is 5.75 Å². The summed E-state index contributed by atoms with van der Waals surface area (Å²) in [5.41, 5.74) is 2.47. The molecule has 34 heavy (non-hydrogen) atoms. The number of hydrogen-bond acceptors (Lipinski definition) is 6. The van der Waals surface area contributed by atoms with E-state index in [0.29, 0.717) is 26.0 Å². The van der Waals surface area contributed by atoms with Gasteiger partial charge in [-0.25, -0.2) is 9.40 Å². The number of piperidine rings is 1. The molecule has 2 aliphatic heterocycles. The minimum absolute atomic E-state index is 0.0700. The molecule has 1 saturated heterocycles. The maximum absolute atomic E-state index is 13.6. The van der Waals surface area contributed by atoms with Crippen LogP contribution in [0.1, 0.15) is 49.8 Å². The molecule has 0 aliphatic carbocycles. The lowest BCUT2D eigenvalue weighted by Crippen LogP contribution is -2.49. The summed E-state index contributed by atoms with van der Waals surface area (Å²) >= 11 is 0. The van der Waals surface area contributed by atoms with Gasteiger partial charge in [-0.3, -0.25) is 14.5 Å². The summed E-state index contributed by atoms with van der Waals surface area (Å²) < 4.78 is 24.0. The molecule has 0 unspecified atom stereocenters. The second kappa shape index (κ2) is 10.8. The summed E-state index contributed by atoms with van der Waals surface area (Å²) in [4.78, 5) is 27.9. The van der Waals surface area contributed by atoms with Gasteiger partial charge >= 0.3 is 5.97 Å². The van der Waals surface area contributed by atoms with E-state index in [1.165, 1.54) is 17.1 Å². The molecule has 8 heteroatoms. The number of likely N-dealkylation sites (tertiary alicyclic amines) is 1. The van der Waals surface area contributed by atoms with Crippen LogP contribution in [0.3, 0.4) is 0 Å². The van der Waals surface area contributed by atoms with Gasteiger partial charge in [0.2, 0.25) is 0 Å². The first kappa shape index (κ1) is 23.9. The van der Waals surface area contributed by atoms with Crippen LogP contribution in [0, 0.1) is 5.82 Å². The number of hydrogen-bond donors (Lipinski definition) is 0. The molecule has 0 bridgehead atoms. The van der Waals surface area contributed by atoms with Crippen LogP contribution in [-0.2, 0) is 14.3 Å². The Morgan fingerprint density at radius 2 is 1.82 bits per heavy atom. The van der Waals surface area contributed by atoms with E-state index >= 15 is 0 Å². The van der Waals surface area contributed by atoms with Gasteiger partial charge in [0.05, 0.1) is 32.0 Å². The van der Waals surface area contributed by atoms with Gasteiger partial charge in [-0.15, -0.1) is 0 Å². The van der Waals surface area contributed by atoms with E-state index < -0.39 is 6.04 Å². The van der Waals surface area contributed by atoms with Crippen molar-refractivity contribution < 1.29 is 23.5 Å². The number of methoxy groups -OCH3 is 1. The molecule has 7 nitrogen and oxygen atoms in total. The van der Waals surface area contributed by atoms with Crippen molar-refractivity contribution in [1.29, 1.82) is 0 Å². The molecule has 0 radical (unpaired) electrons. The number of ether oxygens (including phenoxy) is 2. The zero-order valence-corrected chi connectivity index (χ0v) is 19.6. The van der Waals surface area contributed by atoms with E-state index in [4.69, 9.17) is 9.47 Å². The van der Waals surface area contributed by atoms with Crippen molar-refractivity contribution in [3.63, 3.8) is 0 Å². The van der Waals surface area contributed by atoms with E-state index in [1.54, 1.807) is 26.2 Å². The Kier molecular flexibility index (Phi) is 7.57. The number of amides is 1. The predicted octanol–water partition coefficient (Wildman–Crippen LogP) is 3.93. The lowest BCUT2D eigenvalue weighted by molar-refractivity contribution is -0.152. The normalized spacial score (nSPS) is 20.7. The first-order valence-electron chi connectivity index (χ1n) is 11.7. The lowest BCUT2D eigenvalue weighted by atomic mass is 9.98. The van der Waals surface area contributed by atoms with E-state index in [2.05, 4.69) is 5.10 Å². The Balaban J connectivity index is 1.58. The van der Waals surface area contributed by atoms with Gasteiger partial charge in [0, 0.05) is 6.42 Å². The van der Waals surface area contributed by atoms with Crippen LogP contribution in [0.2, 0.25) is 0 Å². The molecule has 2 aromatic carbocycles. The van der Waals surface area contributed by atoms with Gasteiger partial charge in [-0.05, 0) is 73.8 Å². The first-order chi connectivity index (χ1) is 16.5. The third-order valence-electron chi connectivity index (χ3n) is 6.35. The molecule has 2 aromatic rings. The van der Waals surface area contributed by atoms with Crippen molar-refractivity contribution in [1.82, 2.24) is 9.91 Å². The molecule has 0 saturated carbocycles. The van der Waals surface area contributed by atoms with Crippen molar-refractivity contribution in [2.75, 3.05) is 26.8 Å². The predicted molar refractivity (Wildman–Crippen MR) is 126 cm³/mol. The van der Waals surface area contributed by atoms with Gasteiger partial charge in [0.25, 0.3) is 5.91 Å². The highest BCUT2D eigenvalue weighted by Gasteiger charge is 2.37. The molecular weight excluding hydrogens is 437 g/mol. The Morgan fingerprint density at radius 3 is 2.50 bits per heavy atom. The van der Waals surface area contributed by atoms with Gasteiger partial charge in [-0.2, -0.15) is 5.10 Å². The maximum Gasteiger partial charge on any atom is 0.323 e. The number of benzene rings is 2. The Bertz CT molecular complexity index is 1040. The summed E-state index contributed by atoms with van der Waals surface area (Å²) in [5.74, 6) is -0.0788. The fourth-order valence-electron chi connectivity index (χ4n) is 4.57. The molecule has 0 aromatic heterocycles. The highest BCUT2D eigenvalue weighted by Crippen LogP contribution is 2.33. The second-order valence-electron chi connectivity index (χ2n) is 8.52. The van der Waals surface area contributed by atoms with Crippen molar-refractivity contribution >= 4 is 17.6 Å². The molecule has 0 spiro atoms.